The summed E-state index contributed by atoms with van der Waals surface area (Å²) in [6.07, 6.45) is 0. The molecule has 0 aliphatic heterocycles. The van der Waals surface area contributed by atoms with Gasteiger partial charge in [-0.3, -0.25) is 4.79 Å². The largest absolute Gasteiger partial charge is 0.378 e. The fourth-order valence-electron chi connectivity index (χ4n) is 3.17. The third-order valence-corrected chi connectivity index (χ3v) is 5.85. The van der Waals surface area contributed by atoms with Crippen molar-refractivity contribution in [3.8, 4) is 0 Å². The van der Waals surface area contributed by atoms with Crippen LogP contribution in [-0.4, -0.2) is 28.2 Å². The normalized spacial score (nSPS) is 11.4. The van der Waals surface area contributed by atoms with Crippen molar-refractivity contribution in [2.45, 2.75) is 0 Å². The molecule has 1 aromatic heterocycles. The van der Waals surface area contributed by atoms with Gasteiger partial charge in [0, 0.05) is 59.7 Å². The summed E-state index contributed by atoms with van der Waals surface area (Å²) in [5.41, 5.74) is 2.39. The molecule has 4 aromatic rings. The molecular formula is C21H20N2OS. The molecule has 0 bridgehead atoms. The van der Waals surface area contributed by atoms with E-state index in [4.69, 9.17) is 0 Å². The summed E-state index contributed by atoms with van der Waals surface area (Å²) in [4.78, 5) is 17.1. The van der Waals surface area contributed by atoms with E-state index in [0.717, 1.165) is 42.3 Å². The van der Waals surface area contributed by atoms with Crippen molar-refractivity contribution < 1.29 is 0 Å². The summed E-state index contributed by atoms with van der Waals surface area (Å²) in [6.45, 7) is 0. The Morgan fingerprint density at radius 3 is 2.00 bits per heavy atom. The lowest BCUT2D eigenvalue weighted by atomic mass is 10.1. The second kappa shape index (κ2) is 5.74. The molecule has 25 heavy (non-hydrogen) atoms. The number of rotatable bonds is 2. The van der Waals surface area contributed by atoms with Crippen molar-refractivity contribution >= 4 is 53.7 Å². The first-order valence-corrected chi connectivity index (χ1v) is 9.05. The summed E-state index contributed by atoms with van der Waals surface area (Å²) in [5.74, 6) is 0. The number of hydrogen-bond donors (Lipinski definition) is 0. The van der Waals surface area contributed by atoms with Crippen LogP contribution in [0, 0.1) is 0 Å². The lowest BCUT2D eigenvalue weighted by Gasteiger charge is -2.14. The Labute approximate surface area is 150 Å². The Balaban J connectivity index is 2.10. The summed E-state index contributed by atoms with van der Waals surface area (Å²) < 4.78 is 2.10. The molecule has 4 heteroatoms. The smallest absolute Gasteiger partial charge is 0.195 e. The molecule has 0 saturated carbocycles. The SMILES string of the molecule is CN(C)c1ccc2c(ccc3c(=O)c4ccc(N(C)C)cc4sc32)c1. The number of nitrogens with zero attached hydrogens (tertiary/aromatic N) is 2. The Morgan fingerprint density at radius 1 is 0.720 bits per heavy atom. The molecule has 0 unspecified atom stereocenters. The van der Waals surface area contributed by atoms with Crippen molar-refractivity contribution in [3.05, 3.63) is 58.8 Å². The lowest BCUT2D eigenvalue weighted by Crippen LogP contribution is -2.09. The highest BCUT2D eigenvalue weighted by molar-refractivity contribution is 7.25. The minimum Gasteiger partial charge on any atom is -0.378 e. The minimum absolute atomic E-state index is 0.118. The van der Waals surface area contributed by atoms with Gasteiger partial charge >= 0.3 is 0 Å². The highest BCUT2D eigenvalue weighted by Gasteiger charge is 2.10. The zero-order valence-electron chi connectivity index (χ0n) is 14.8. The minimum atomic E-state index is 0.118. The molecule has 3 aromatic carbocycles. The maximum absolute atomic E-state index is 13.0. The van der Waals surface area contributed by atoms with Gasteiger partial charge in [0.15, 0.2) is 5.43 Å². The molecule has 126 valence electrons. The van der Waals surface area contributed by atoms with Crippen LogP contribution in [0.3, 0.4) is 0 Å². The molecule has 0 amide bonds. The number of benzene rings is 3. The molecular weight excluding hydrogens is 328 g/mol. The van der Waals surface area contributed by atoms with Gasteiger partial charge in [-0.25, -0.2) is 0 Å². The van der Waals surface area contributed by atoms with Gasteiger partial charge in [-0.1, -0.05) is 12.1 Å². The van der Waals surface area contributed by atoms with E-state index in [2.05, 4.69) is 40.1 Å². The van der Waals surface area contributed by atoms with Crippen LogP contribution in [0.25, 0.3) is 30.9 Å². The first-order valence-electron chi connectivity index (χ1n) is 8.24. The summed E-state index contributed by atoms with van der Waals surface area (Å²) in [6, 6.07) is 16.5. The van der Waals surface area contributed by atoms with Crippen LogP contribution in [-0.2, 0) is 0 Å². The second-order valence-corrected chi connectivity index (χ2v) is 7.80. The van der Waals surface area contributed by atoms with Crippen molar-refractivity contribution in [3.63, 3.8) is 0 Å². The first kappa shape index (κ1) is 15.9. The van der Waals surface area contributed by atoms with Gasteiger partial charge in [0.2, 0.25) is 0 Å². The van der Waals surface area contributed by atoms with Crippen molar-refractivity contribution in [1.82, 2.24) is 0 Å². The number of anilines is 2. The average molecular weight is 348 g/mol. The fourth-order valence-corrected chi connectivity index (χ4v) is 4.41. The molecule has 0 fully saturated rings. The quantitative estimate of drug-likeness (QED) is 0.387. The van der Waals surface area contributed by atoms with Crippen LogP contribution in [0.15, 0.2) is 53.3 Å². The van der Waals surface area contributed by atoms with Crippen LogP contribution < -0.4 is 15.2 Å². The molecule has 0 aliphatic rings. The van der Waals surface area contributed by atoms with Gasteiger partial charge in [0.1, 0.15) is 0 Å². The highest BCUT2D eigenvalue weighted by Crippen LogP contribution is 2.34. The van der Waals surface area contributed by atoms with E-state index in [9.17, 15) is 4.79 Å². The fraction of sp³-hybridized carbons (Fsp3) is 0.190. The van der Waals surface area contributed by atoms with Crippen LogP contribution in [0.4, 0.5) is 11.4 Å². The Bertz CT molecular complexity index is 1180. The van der Waals surface area contributed by atoms with Crippen molar-refractivity contribution in [2.24, 2.45) is 0 Å². The van der Waals surface area contributed by atoms with E-state index >= 15 is 0 Å². The average Bonchev–Trinajstić information content (AvgIpc) is 2.60. The Kier molecular flexibility index (Phi) is 3.65. The van der Waals surface area contributed by atoms with Gasteiger partial charge < -0.3 is 9.80 Å². The summed E-state index contributed by atoms with van der Waals surface area (Å²) in [5, 5.41) is 3.91. The van der Waals surface area contributed by atoms with Crippen LogP contribution >= 0.6 is 11.3 Å². The standard InChI is InChI=1S/C21H20N2OS/c1-22(2)14-6-9-16-13(11-14)5-8-18-20(24)17-10-7-15(23(3)4)12-19(17)25-21(16)18/h5-12H,1-4H3. The maximum Gasteiger partial charge on any atom is 0.195 e. The molecule has 0 saturated heterocycles. The molecule has 0 radical (unpaired) electrons. The van der Waals surface area contributed by atoms with E-state index in [1.807, 2.05) is 46.4 Å². The Hall–Kier alpha value is -2.59. The third-order valence-electron chi connectivity index (χ3n) is 4.65. The first-order chi connectivity index (χ1) is 12.0. The van der Waals surface area contributed by atoms with Crippen molar-refractivity contribution in [2.75, 3.05) is 38.0 Å². The van der Waals surface area contributed by atoms with Crippen LogP contribution in [0.2, 0.25) is 0 Å². The molecule has 0 aliphatic carbocycles. The topological polar surface area (TPSA) is 23.6 Å². The molecule has 4 rings (SSSR count). The molecule has 3 nitrogen and oxygen atoms in total. The van der Waals surface area contributed by atoms with Gasteiger partial charge in [0.25, 0.3) is 0 Å². The van der Waals surface area contributed by atoms with Crippen LogP contribution in [0.1, 0.15) is 0 Å². The van der Waals surface area contributed by atoms with E-state index < -0.39 is 0 Å². The number of fused-ring (bicyclic) bond motifs is 4. The molecule has 0 N–H and O–H groups in total. The zero-order valence-corrected chi connectivity index (χ0v) is 15.6. The zero-order chi connectivity index (χ0) is 17.7. The van der Waals surface area contributed by atoms with E-state index in [1.54, 1.807) is 11.3 Å². The predicted octanol–water partition coefficient (Wildman–Crippen LogP) is 4.70. The maximum atomic E-state index is 13.0. The third kappa shape index (κ3) is 2.53. The van der Waals surface area contributed by atoms with E-state index in [1.165, 1.54) is 0 Å². The Morgan fingerprint density at radius 2 is 1.32 bits per heavy atom. The monoisotopic (exact) mass is 348 g/mol. The number of hydrogen-bond acceptors (Lipinski definition) is 4. The van der Waals surface area contributed by atoms with Gasteiger partial charge in [-0.2, -0.15) is 0 Å². The van der Waals surface area contributed by atoms with Gasteiger partial charge in [-0.05, 0) is 47.2 Å². The van der Waals surface area contributed by atoms with Crippen LogP contribution in [0.5, 0.6) is 0 Å². The molecule has 1 heterocycles. The summed E-state index contributed by atoms with van der Waals surface area (Å²) >= 11 is 1.70. The van der Waals surface area contributed by atoms with Gasteiger partial charge in [-0.15, -0.1) is 11.3 Å². The lowest BCUT2D eigenvalue weighted by molar-refractivity contribution is 1.14. The van der Waals surface area contributed by atoms with E-state index in [0.29, 0.717) is 0 Å². The summed E-state index contributed by atoms with van der Waals surface area (Å²) in [7, 11) is 8.11. The highest BCUT2D eigenvalue weighted by atomic mass is 32.1. The molecule has 0 spiro atoms. The second-order valence-electron chi connectivity index (χ2n) is 6.75. The van der Waals surface area contributed by atoms with E-state index in [-0.39, 0.29) is 5.43 Å². The van der Waals surface area contributed by atoms with Gasteiger partial charge in [0.05, 0.1) is 0 Å². The molecule has 0 atom stereocenters. The predicted molar refractivity (Wildman–Crippen MR) is 112 cm³/mol. The van der Waals surface area contributed by atoms with Crippen molar-refractivity contribution in [1.29, 1.82) is 0 Å².